The molecule has 104 valence electrons. The maximum atomic E-state index is 11.6. The second-order valence-electron chi connectivity index (χ2n) is 4.10. The van der Waals surface area contributed by atoms with Crippen LogP contribution in [0.4, 0.5) is 0 Å². The third kappa shape index (κ3) is 4.13. The van der Waals surface area contributed by atoms with E-state index in [4.69, 9.17) is 16.0 Å². The first-order valence-corrected chi connectivity index (χ1v) is 6.34. The molecule has 0 saturated heterocycles. The lowest BCUT2D eigenvalue weighted by Crippen LogP contribution is -2.36. The van der Waals surface area contributed by atoms with Crippen molar-refractivity contribution < 1.29 is 14.0 Å². The smallest absolute Gasteiger partial charge is 0.254 e. The number of carbonyl (C=O) groups excluding carboxylic acids is 2. The van der Waals surface area contributed by atoms with Crippen molar-refractivity contribution in [2.75, 3.05) is 6.54 Å². The molecule has 0 radical (unpaired) electrons. The van der Waals surface area contributed by atoms with Gasteiger partial charge in [0.25, 0.3) is 5.91 Å². The molecule has 2 N–H and O–H groups in total. The van der Waals surface area contributed by atoms with Crippen LogP contribution in [0.3, 0.4) is 0 Å². The molecule has 1 aromatic carbocycles. The minimum absolute atomic E-state index is 0.0857. The normalized spacial score (nSPS) is 10.1. The maximum absolute atomic E-state index is 11.6. The Kier molecular flexibility index (Phi) is 4.79. The molecule has 6 heteroatoms. The highest BCUT2D eigenvalue weighted by Gasteiger charge is 2.08. The maximum Gasteiger partial charge on any atom is 0.254 e. The zero-order chi connectivity index (χ0) is 14.4. The Bertz CT molecular complexity index is 579. The van der Waals surface area contributed by atoms with E-state index in [0.717, 1.165) is 5.56 Å². The number of amides is 2. The van der Waals surface area contributed by atoms with Crippen molar-refractivity contribution >= 4 is 23.4 Å². The van der Waals surface area contributed by atoms with E-state index in [-0.39, 0.29) is 18.4 Å². The SMILES string of the molecule is O=C(CNC(=O)c1ccoc1)NCc1ccc(Cl)cc1. The Morgan fingerprint density at radius 3 is 2.50 bits per heavy atom. The molecule has 2 aromatic rings. The average Bonchev–Trinajstić information content (AvgIpc) is 2.98. The van der Waals surface area contributed by atoms with Gasteiger partial charge in [-0.05, 0) is 23.8 Å². The van der Waals surface area contributed by atoms with Crippen molar-refractivity contribution in [1.82, 2.24) is 10.6 Å². The van der Waals surface area contributed by atoms with Crippen LogP contribution in [0.15, 0.2) is 47.3 Å². The fraction of sp³-hybridized carbons (Fsp3) is 0.143. The van der Waals surface area contributed by atoms with Crippen molar-refractivity contribution in [2.24, 2.45) is 0 Å². The number of hydrogen-bond acceptors (Lipinski definition) is 3. The fourth-order valence-electron chi connectivity index (χ4n) is 1.52. The van der Waals surface area contributed by atoms with Crippen LogP contribution in [-0.4, -0.2) is 18.4 Å². The van der Waals surface area contributed by atoms with E-state index >= 15 is 0 Å². The van der Waals surface area contributed by atoms with Crippen molar-refractivity contribution in [3.63, 3.8) is 0 Å². The molecule has 2 rings (SSSR count). The highest BCUT2D eigenvalue weighted by atomic mass is 35.5. The quantitative estimate of drug-likeness (QED) is 0.885. The molecule has 5 nitrogen and oxygen atoms in total. The standard InChI is InChI=1S/C14H13ClN2O3/c15-12-3-1-10(2-4-12)7-16-13(18)8-17-14(19)11-5-6-20-9-11/h1-6,9H,7-8H2,(H,16,18)(H,17,19). The monoisotopic (exact) mass is 292 g/mol. The number of halogens is 1. The number of rotatable bonds is 5. The molecule has 0 aliphatic carbocycles. The summed E-state index contributed by atoms with van der Waals surface area (Å²) in [6, 6.07) is 8.69. The third-order valence-electron chi connectivity index (χ3n) is 2.60. The summed E-state index contributed by atoms with van der Waals surface area (Å²) < 4.78 is 4.79. The zero-order valence-corrected chi connectivity index (χ0v) is 11.3. The van der Waals surface area contributed by atoms with Gasteiger partial charge in [0.05, 0.1) is 18.4 Å². The summed E-state index contributed by atoms with van der Waals surface area (Å²) in [7, 11) is 0. The van der Waals surface area contributed by atoms with Gasteiger partial charge in [0.2, 0.25) is 5.91 Å². The minimum Gasteiger partial charge on any atom is -0.472 e. The molecule has 0 saturated carbocycles. The Morgan fingerprint density at radius 2 is 1.85 bits per heavy atom. The first kappa shape index (κ1) is 14.1. The molecule has 0 bridgehead atoms. The number of carbonyl (C=O) groups is 2. The zero-order valence-electron chi connectivity index (χ0n) is 10.6. The lowest BCUT2D eigenvalue weighted by molar-refractivity contribution is -0.120. The summed E-state index contributed by atoms with van der Waals surface area (Å²) in [5, 5.41) is 5.84. The molecule has 1 aromatic heterocycles. The van der Waals surface area contributed by atoms with Gasteiger partial charge in [-0.15, -0.1) is 0 Å². The van der Waals surface area contributed by atoms with Gasteiger partial charge in [0.15, 0.2) is 0 Å². The highest BCUT2D eigenvalue weighted by Crippen LogP contribution is 2.08. The van der Waals surface area contributed by atoms with Gasteiger partial charge >= 0.3 is 0 Å². The number of hydrogen-bond donors (Lipinski definition) is 2. The van der Waals surface area contributed by atoms with Gasteiger partial charge < -0.3 is 15.1 Å². The Hall–Kier alpha value is -2.27. The van der Waals surface area contributed by atoms with Gasteiger partial charge in [-0.2, -0.15) is 0 Å². The van der Waals surface area contributed by atoms with Gasteiger partial charge in [0, 0.05) is 11.6 Å². The number of nitrogens with one attached hydrogen (secondary N) is 2. The van der Waals surface area contributed by atoms with Crippen LogP contribution in [0.5, 0.6) is 0 Å². The van der Waals surface area contributed by atoms with Crippen LogP contribution in [-0.2, 0) is 11.3 Å². The van der Waals surface area contributed by atoms with Gasteiger partial charge in [-0.1, -0.05) is 23.7 Å². The second-order valence-corrected chi connectivity index (χ2v) is 4.53. The van der Waals surface area contributed by atoms with Crippen LogP contribution in [0.25, 0.3) is 0 Å². The molecule has 1 heterocycles. The summed E-state index contributed by atoms with van der Waals surface area (Å²) in [6.07, 6.45) is 2.72. The Morgan fingerprint density at radius 1 is 1.10 bits per heavy atom. The van der Waals surface area contributed by atoms with Crippen molar-refractivity contribution in [3.8, 4) is 0 Å². The van der Waals surface area contributed by atoms with Crippen LogP contribution < -0.4 is 10.6 Å². The molecule has 0 atom stereocenters. The molecule has 0 spiro atoms. The first-order chi connectivity index (χ1) is 9.65. The van der Waals surface area contributed by atoms with Crippen molar-refractivity contribution in [1.29, 1.82) is 0 Å². The van der Waals surface area contributed by atoms with E-state index in [1.165, 1.54) is 18.6 Å². The van der Waals surface area contributed by atoms with E-state index < -0.39 is 0 Å². The Labute approximate surface area is 120 Å². The summed E-state index contributed by atoms with van der Waals surface area (Å²) in [4.78, 5) is 23.1. The molecule has 0 fully saturated rings. The van der Waals surface area contributed by atoms with Crippen LogP contribution in [0, 0.1) is 0 Å². The fourth-order valence-corrected chi connectivity index (χ4v) is 1.65. The molecular weight excluding hydrogens is 280 g/mol. The summed E-state index contributed by atoms with van der Waals surface area (Å²) in [5.41, 5.74) is 1.32. The molecule has 20 heavy (non-hydrogen) atoms. The van der Waals surface area contributed by atoms with Gasteiger partial charge in [-0.3, -0.25) is 9.59 Å². The van der Waals surface area contributed by atoms with Gasteiger partial charge in [0.1, 0.15) is 6.26 Å². The Balaban J connectivity index is 1.73. The number of furan rings is 1. The molecule has 0 aliphatic rings. The largest absolute Gasteiger partial charge is 0.472 e. The van der Waals surface area contributed by atoms with E-state index in [0.29, 0.717) is 17.1 Å². The molecule has 0 aliphatic heterocycles. The van der Waals surface area contributed by atoms with Crippen molar-refractivity contribution in [2.45, 2.75) is 6.54 Å². The second kappa shape index (κ2) is 6.77. The van der Waals surface area contributed by atoms with E-state index in [1.54, 1.807) is 12.1 Å². The van der Waals surface area contributed by atoms with Crippen molar-refractivity contribution in [3.05, 3.63) is 59.0 Å². The van der Waals surface area contributed by atoms with Crippen LogP contribution in [0.1, 0.15) is 15.9 Å². The van der Waals surface area contributed by atoms with E-state index in [1.807, 2.05) is 12.1 Å². The summed E-state index contributed by atoms with van der Waals surface area (Å²) >= 11 is 5.77. The molecular formula is C14H13ClN2O3. The number of benzene rings is 1. The lowest BCUT2D eigenvalue weighted by Gasteiger charge is -2.06. The minimum atomic E-state index is -0.347. The molecule has 0 unspecified atom stereocenters. The first-order valence-electron chi connectivity index (χ1n) is 5.96. The van der Waals surface area contributed by atoms with Crippen LogP contribution in [0.2, 0.25) is 5.02 Å². The third-order valence-corrected chi connectivity index (χ3v) is 2.85. The average molecular weight is 293 g/mol. The van der Waals surface area contributed by atoms with E-state index in [9.17, 15) is 9.59 Å². The predicted octanol–water partition coefficient (Wildman–Crippen LogP) is 1.98. The predicted molar refractivity (Wildman–Crippen MR) is 74.3 cm³/mol. The van der Waals surface area contributed by atoms with Crippen LogP contribution >= 0.6 is 11.6 Å². The topological polar surface area (TPSA) is 71.3 Å². The van der Waals surface area contributed by atoms with E-state index in [2.05, 4.69) is 10.6 Å². The molecule has 2 amide bonds. The summed E-state index contributed by atoms with van der Waals surface area (Å²) in [6.45, 7) is 0.301. The lowest BCUT2D eigenvalue weighted by atomic mass is 10.2. The van der Waals surface area contributed by atoms with Gasteiger partial charge in [-0.25, -0.2) is 0 Å². The highest BCUT2D eigenvalue weighted by molar-refractivity contribution is 6.30. The summed E-state index contributed by atoms with van der Waals surface area (Å²) in [5.74, 6) is -0.614.